The topological polar surface area (TPSA) is 125 Å². The zero-order chi connectivity index (χ0) is 6.99. The van der Waals surface area contributed by atoms with Crippen LogP contribution >= 0.6 is 0 Å². The molecule has 0 saturated heterocycles. The van der Waals surface area contributed by atoms with Gasteiger partial charge in [-0.2, -0.15) is 0 Å². The van der Waals surface area contributed by atoms with Gasteiger partial charge in [-0.15, -0.1) is 0 Å². The molecule has 5 N–H and O–H groups in total. The Morgan fingerprint density at radius 3 is 1.88 bits per heavy atom. The van der Waals surface area contributed by atoms with Gasteiger partial charge in [0.1, 0.15) is 0 Å². The highest BCUT2D eigenvalue weighted by atomic mass is 15.0. The van der Waals surface area contributed by atoms with Crippen LogP contribution in [0.4, 0.5) is 0 Å². The molecule has 0 aliphatic heterocycles. The van der Waals surface area contributed by atoms with Crippen LogP contribution in [0, 0.1) is 5.41 Å². The van der Waals surface area contributed by atoms with Crippen molar-refractivity contribution >= 4 is 5.96 Å². The van der Waals surface area contributed by atoms with E-state index >= 15 is 0 Å². The Bertz CT molecular complexity index is 88.7. The van der Waals surface area contributed by atoms with Crippen LogP contribution < -0.4 is 11.1 Å². The van der Waals surface area contributed by atoms with Gasteiger partial charge in [0.25, 0.3) is 5.96 Å². The van der Waals surface area contributed by atoms with Gasteiger partial charge in [-0.05, 0) is 0 Å². The Kier molecular flexibility index (Phi) is 11.4. The molecule has 0 spiro atoms. The molecule has 0 unspecified atom stereocenters. The highest BCUT2D eigenvalue weighted by molar-refractivity contribution is 5.62. The first-order chi connectivity index (χ1) is 3.68. The summed E-state index contributed by atoms with van der Waals surface area (Å²) in [7, 11) is 1.72. The minimum absolute atomic E-state index is 0.130. The number of guanidine groups is 1. The molecule has 0 heterocycles. The zero-order valence-electron chi connectivity index (χ0n) is 4.50. The quantitative estimate of drug-likeness (QED) is 0.120. The Balaban J connectivity index is 0. The maximum atomic E-state index is 6.75. The number of nitrogens with zero attached hydrogens (tertiary/aromatic N) is 3. The summed E-state index contributed by atoms with van der Waals surface area (Å²) < 4.78 is 0. The van der Waals surface area contributed by atoms with Gasteiger partial charge >= 0.3 is 0 Å². The number of hydrogen-bond donors (Lipinski definition) is 3. The van der Waals surface area contributed by atoms with Crippen LogP contribution in [0.15, 0.2) is 0 Å². The molecule has 6 nitrogen and oxygen atoms in total. The molecule has 0 saturated carbocycles. The first-order valence-electron chi connectivity index (χ1n) is 1.80. The summed E-state index contributed by atoms with van der Waals surface area (Å²) >= 11 is 0. The number of hydrogen-bond acceptors (Lipinski definition) is 1. The first kappa shape index (κ1) is 9.88. The Labute approximate surface area is 46.6 Å². The van der Waals surface area contributed by atoms with Crippen molar-refractivity contribution in [1.82, 2.24) is 0 Å². The van der Waals surface area contributed by atoms with Gasteiger partial charge in [-0.25, -0.2) is 5.41 Å². The van der Waals surface area contributed by atoms with Gasteiger partial charge in [-0.1, -0.05) is 0 Å². The molecule has 0 rings (SSSR count). The van der Waals surface area contributed by atoms with E-state index in [-0.39, 0.29) is 5.96 Å². The van der Waals surface area contributed by atoms with Gasteiger partial charge < -0.3 is 16.8 Å². The third kappa shape index (κ3) is 121. The fraction of sp³-hybridized carbons (Fsp3) is 0.500. The van der Waals surface area contributed by atoms with Gasteiger partial charge in [0, 0.05) is 0 Å². The van der Waals surface area contributed by atoms with Crippen molar-refractivity contribution in [2.45, 2.75) is 0 Å². The zero-order valence-corrected chi connectivity index (χ0v) is 4.50. The second-order valence-corrected chi connectivity index (χ2v) is 0.833. The Morgan fingerprint density at radius 1 is 1.75 bits per heavy atom. The molecule has 46 valence electrons. The molecule has 0 aromatic heterocycles. The Morgan fingerprint density at radius 2 is 1.88 bits per heavy atom. The van der Waals surface area contributed by atoms with Crippen LogP contribution in [-0.4, -0.2) is 13.0 Å². The molecule has 0 bridgehead atoms. The van der Waals surface area contributed by atoms with Crippen LogP contribution in [-0.2, 0) is 0 Å². The minimum Gasteiger partial charge on any atom is -0.373 e. The van der Waals surface area contributed by atoms with Gasteiger partial charge in [-0.3, -0.25) is 10.2 Å². The van der Waals surface area contributed by atoms with Crippen molar-refractivity contribution in [2.24, 2.45) is 5.73 Å². The number of nitrogens with one attached hydrogen (secondary N) is 1. The summed E-state index contributed by atoms with van der Waals surface area (Å²) in [5, 5.41) is 7.99. The molecule has 0 radical (unpaired) electrons. The summed E-state index contributed by atoms with van der Waals surface area (Å²) in [6.45, 7) is 0. The van der Waals surface area contributed by atoms with E-state index in [1.165, 1.54) is 10.2 Å². The number of rotatable bonds is 0. The SMILES string of the molecule is C[NH2+]C(=N)N.[N-]=[N+]=[N-]. The van der Waals surface area contributed by atoms with Crippen LogP contribution in [0.25, 0.3) is 16.0 Å². The summed E-state index contributed by atoms with van der Waals surface area (Å²) in [5.74, 6) is 0.130. The molecule has 8 heavy (non-hydrogen) atoms. The Hall–Kier alpha value is -1.26. The lowest BCUT2D eigenvalue weighted by atomic mass is 11.0. The second kappa shape index (κ2) is 9.22. The standard InChI is InChI=1S/C2H7N3.N3/c1-5-2(3)4;1-3-2/h1H3,(H4,3,4,5);/q;-1/p+1. The summed E-state index contributed by atoms with van der Waals surface area (Å²) in [4.78, 5) is 1.50. The van der Waals surface area contributed by atoms with E-state index in [2.05, 4.69) is 0 Å². The van der Waals surface area contributed by atoms with E-state index < -0.39 is 0 Å². The molecule has 0 aliphatic carbocycles. The van der Waals surface area contributed by atoms with E-state index in [4.69, 9.17) is 22.2 Å². The van der Waals surface area contributed by atoms with E-state index in [0.29, 0.717) is 0 Å². The van der Waals surface area contributed by atoms with Crippen molar-refractivity contribution in [3.05, 3.63) is 16.0 Å². The summed E-state index contributed by atoms with van der Waals surface area (Å²) in [5.41, 5.74) is 18.3. The highest BCUT2D eigenvalue weighted by Gasteiger charge is 1.73. The molecular formula is C2H8N6. The average Bonchev–Trinajstić information content (AvgIpc) is 1.69. The van der Waals surface area contributed by atoms with Crippen molar-refractivity contribution in [1.29, 1.82) is 5.41 Å². The largest absolute Gasteiger partial charge is 0.373 e. The monoisotopic (exact) mass is 116 g/mol. The summed E-state index contributed by atoms with van der Waals surface area (Å²) in [6, 6.07) is 0. The van der Waals surface area contributed by atoms with Gasteiger partial charge in [0.2, 0.25) is 0 Å². The van der Waals surface area contributed by atoms with Crippen LogP contribution in [0.1, 0.15) is 0 Å². The third-order valence-corrected chi connectivity index (χ3v) is 0.311. The first-order valence-corrected chi connectivity index (χ1v) is 1.80. The van der Waals surface area contributed by atoms with Crippen LogP contribution in [0.3, 0.4) is 0 Å². The molecule has 0 aromatic carbocycles. The van der Waals surface area contributed by atoms with E-state index in [1.54, 1.807) is 7.05 Å². The molecule has 0 atom stereocenters. The van der Waals surface area contributed by atoms with Gasteiger partial charge in [0.05, 0.1) is 7.05 Å². The minimum atomic E-state index is 0.130. The van der Waals surface area contributed by atoms with Crippen molar-refractivity contribution in [2.75, 3.05) is 7.05 Å². The highest BCUT2D eigenvalue weighted by Crippen LogP contribution is 1.29. The molecule has 0 aliphatic rings. The number of quaternary nitrogens is 1. The fourth-order valence-corrected chi connectivity index (χ4v) is 0. The predicted octanol–water partition coefficient (Wildman–Crippen LogP) is -1.06. The third-order valence-electron chi connectivity index (χ3n) is 0.311. The molecular weight excluding hydrogens is 108 g/mol. The van der Waals surface area contributed by atoms with E-state index in [0.717, 1.165) is 0 Å². The lowest BCUT2D eigenvalue weighted by Crippen LogP contribution is -2.86. The van der Waals surface area contributed by atoms with E-state index in [9.17, 15) is 0 Å². The molecule has 6 heteroatoms. The lowest BCUT2D eigenvalue weighted by molar-refractivity contribution is -0.509. The van der Waals surface area contributed by atoms with Crippen molar-refractivity contribution in [3.8, 4) is 0 Å². The maximum Gasteiger partial charge on any atom is 0.288 e. The molecule has 0 fully saturated rings. The normalized spacial score (nSPS) is 5.62. The van der Waals surface area contributed by atoms with E-state index in [1.807, 2.05) is 0 Å². The fourth-order valence-electron chi connectivity index (χ4n) is 0. The maximum absolute atomic E-state index is 6.75. The summed E-state index contributed by atoms with van der Waals surface area (Å²) in [6.07, 6.45) is 0. The average molecular weight is 116 g/mol. The van der Waals surface area contributed by atoms with Crippen molar-refractivity contribution in [3.63, 3.8) is 0 Å². The molecule has 0 aromatic rings. The van der Waals surface area contributed by atoms with Crippen LogP contribution in [0.2, 0.25) is 0 Å². The number of nitrogens with two attached hydrogens (primary N) is 2. The molecule has 0 amide bonds. The van der Waals surface area contributed by atoms with Crippen LogP contribution in [0.5, 0.6) is 0 Å². The van der Waals surface area contributed by atoms with Gasteiger partial charge in [0.15, 0.2) is 0 Å². The lowest BCUT2D eigenvalue weighted by Gasteiger charge is -1.78. The smallest absolute Gasteiger partial charge is 0.288 e. The predicted molar refractivity (Wildman–Crippen MR) is 29.8 cm³/mol. The second-order valence-electron chi connectivity index (χ2n) is 0.833. The van der Waals surface area contributed by atoms with Crippen molar-refractivity contribution < 1.29 is 5.32 Å².